The number of anilines is 1. The molecule has 170 valence electrons. The van der Waals surface area contributed by atoms with Crippen molar-refractivity contribution in [2.24, 2.45) is 11.8 Å². The van der Waals surface area contributed by atoms with Crippen LogP contribution < -0.4 is 10.5 Å². The molecular formula is C24H30N4O2S2. The van der Waals surface area contributed by atoms with E-state index in [1.165, 1.54) is 11.8 Å². The Hall–Kier alpha value is -2.19. The Balaban J connectivity index is 1.77. The Bertz CT molecular complexity index is 1120. The van der Waals surface area contributed by atoms with Gasteiger partial charge in [0.1, 0.15) is 15.8 Å². The SMILES string of the molecule is CCCCCN1C(=O)/C(=C\c2c(N3C[C@H](C)C[C@H](C)C3)nc3ccccn3c2=O)SC1=S. The summed E-state index contributed by atoms with van der Waals surface area (Å²) in [5, 5.41) is 0. The summed E-state index contributed by atoms with van der Waals surface area (Å²) < 4.78 is 2.11. The normalized spacial score (nSPS) is 23.0. The molecular weight excluding hydrogens is 440 g/mol. The van der Waals surface area contributed by atoms with Crippen molar-refractivity contribution in [3.05, 3.63) is 45.2 Å². The third kappa shape index (κ3) is 4.62. The van der Waals surface area contributed by atoms with Gasteiger partial charge < -0.3 is 4.90 Å². The summed E-state index contributed by atoms with van der Waals surface area (Å²) in [6.45, 7) is 8.92. The van der Waals surface area contributed by atoms with Gasteiger partial charge >= 0.3 is 0 Å². The lowest BCUT2D eigenvalue weighted by Crippen LogP contribution is -2.40. The van der Waals surface area contributed by atoms with Crippen LogP contribution in [0.2, 0.25) is 0 Å². The van der Waals surface area contributed by atoms with E-state index in [0.29, 0.717) is 44.6 Å². The van der Waals surface area contributed by atoms with E-state index in [4.69, 9.17) is 17.2 Å². The molecule has 4 rings (SSSR count). The highest BCUT2D eigenvalue weighted by Crippen LogP contribution is 2.34. The molecule has 2 fully saturated rings. The second-order valence-corrected chi connectivity index (χ2v) is 10.7. The molecule has 1 amide bonds. The minimum absolute atomic E-state index is 0.111. The molecule has 0 N–H and O–H groups in total. The first-order chi connectivity index (χ1) is 15.4. The van der Waals surface area contributed by atoms with E-state index in [1.807, 2.05) is 18.2 Å². The predicted molar refractivity (Wildman–Crippen MR) is 136 cm³/mol. The van der Waals surface area contributed by atoms with Gasteiger partial charge in [-0.15, -0.1) is 0 Å². The van der Waals surface area contributed by atoms with Gasteiger partial charge in [-0.2, -0.15) is 0 Å². The minimum Gasteiger partial charge on any atom is -0.355 e. The lowest BCUT2D eigenvalue weighted by atomic mass is 9.91. The number of amides is 1. The van der Waals surface area contributed by atoms with Crippen molar-refractivity contribution in [1.82, 2.24) is 14.3 Å². The molecule has 0 aromatic carbocycles. The summed E-state index contributed by atoms with van der Waals surface area (Å²) in [7, 11) is 0. The first-order valence-electron chi connectivity index (χ1n) is 11.4. The van der Waals surface area contributed by atoms with E-state index in [0.717, 1.165) is 38.8 Å². The molecule has 6 nitrogen and oxygen atoms in total. The first-order valence-corrected chi connectivity index (χ1v) is 12.6. The number of thiocarbonyl (C=S) groups is 1. The van der Waals surface area contributed by atoms with Crippen molar-refractivity contribution in [2.75, 3.05) is 24.5 Å². The number of hydrogen-bond donors (Lipinski definition) is 0. The van der Waals surface area contributed by atoms with Crippen LogP contribution in [0.5, 0.6) is 0 Å². The van der Waals surface area contributed by atoms with Crippen LogP contribution in [0.25, 0.3) is 11.7 Å². The Kier molecular flexibility index (Phi) is 7.00. The first kappa shape index (κ1) is 23.0. The minimum atomic E-state index is -0.160. The second kappa shape index (κ2) is 9.75. The summed E-state index contributed by atoms with van der Waals surface area (Å²) >= 11 is 6.76. The van der Waals surface area contributed by atoms with Crippen molar-refractivity contribution >= 4 is 51.7 Å². The number of fused-ring (bicyclic) bond motifs is 1. The summed E-state index contributed by atoms with van der Waals surface area (Å²) in [5.74, 6) is 1.58. The van der Waals surface area contributed by atoms with Crippen LogP contribution in [0.3, 0.4) is 0 Å². The summed E-state index contributed by atoms with van der Waals surface area (Å²) in [6, 6.07) is 5.55. The molecule has 2 aliphatic rings. The number of piperidine rings is 1. The highest BCUT2D eigenvalue weighted by Gasteiger charge is 2.33. The number of rotatable bonds is 6. The third-order valence-electron chi connectivity index (χ3n) is 6.05. The van der Waals surface area contributed by atoms with Crippen LogP contribution >= 0.6 is 24.0 Å². The number of nitrogens with zero attached hydrogens (tertiary/aromatic N) is 4. The van der Waals surface area contributed by atoms with Gasteiger partial charge in [0.2, 0.25) is 0 Å². The molecule has 8 heteroatoms. The van der Waals surface area contributed by atoms with Gasteiger partial charge in [0, 0.05) is 25.8 Å². The fourth-order valence-corrected chi connectivity index (χ4v) is 5.93. The number of carbonyl (C=O) groups excluding carboxylic acids is 1. The zero-order valence-electron chi connectivity index (χ0n) is 18.9. The van der Waals surface area contributed by atoms with Crippen molar-refractivity contribution in [1.29, 1.82) is 0 Å². The molecule has 2 saturated heterocycles. The maximum Gasteiger partial charge on any atom is 0.267 e. The number of pyridine rings is 1. The van der Waals surface area contributed by atoms with Crippen LogP contribution in [0.1, 0.15) is 52.0 Å². The Morgan fingerprint density at radius 2 is 1.94 bits per heavy atom. The molecule has 2 atom stereocenters. The lowest BCUT2D eigenvalue weighted by Gasteiger charge is -2.36. The molecule has 4 heterocycles. The molecule has 0 aliphatic carbocycles. The highest BCUT2D eigenvalue weighted by atomic mass is 32.2. The monoisotopic (exact) mass is 470 g/mol. The van der Waals surface area contributed by atoms with E-state index in [1.54, 1.807) is 21.6 Å². The van der Waals surface area contributed by atoms with E-state index >= 15 is 0 Å². The number of unbranched alkanes of at least 4 members (excludes halogenated alkanes) is 2. The number of aromatic nitrogens is 2. The molecule has 32 heavy (non-hydrogen) atoms. The Morgan fingerprint density at radius 1 is 1.19 bits per heavy atom. The van der Waals surface area contributed by atoms with Crippen LogP contribution in [0, 0.1) is 11.8 Å². The Labute approximate surface area is 198 Å². The van der Waals surface area contributed by atoms with Crippen LogP contribution in [0.4, 0.5) is 5.82 Å². The zero-order valence-corrected chi connectivity index (χ0v) is 20.5. The zero-order chi connectivity index (χ0) is 22.8. The van der Waals surface area contributed by atoms with Gasteiger partial charge in [0.25, 0.3) is 11.5 Å². The van der Waals surface area contributed by atoms with Gasteiger partial charge in [-0.05, 0) is 42.9 Å². The molecule has 2 aliphatic heterocycles. The van der Waals surface area contributed by atoms with E-state index < -0.39 is 0 Å². The molecule has 2 aromatic rings. The van der Waals surface area contributed by atoms with Crippen molar-refractivity contribution in [3.63, 3.8) is 0 Å². The van der Waals surface area contributed by atoms with E-state index in [-0.39, 0.29) is 11.5 Å². The standard InChI is InChI=1S/C24H30N4O2S2/c1-4-5-7-11-28-23(30)19(32-24(28)31)13-18-21(26-14-16(2)12-17(3)15-26)25-20-9-6-8-10-27(20)22(18)29/h6,8-10,13,16-17H,4-5,7,11-12,14-15H2,1-3H3/b19-13+/t16-,17+. The maximum atomic E-state index is 13.5. The van der Waals surface area contributed by atoms with Gasteiger partial charge in [-0.25, -0.2) is 4.98 Å². The van der Waals surface area contributed by atoms with E-state index in [9.17, 15) is 9.59 Å². The fraction of sp³-hybridized carbons (Fsp3) is 0.500. The van der Waals surface area contributed by atoms with Crippen molar-refractivity contribution in [3.8, 4) is 0 Å². The van der Waals surface area contributed by atoms with E-state index in [2.05, 4.69) is 25.7 Å². The predicted octanol–water partition coefficient (Wildman–Crippen LogP) is 4.57. The van der Waals surface area contributed by atoms with Crippen molar-refractivity contribution in [2.45, 2.75) is 46.5 Å². The van der Waals surface area contributed by atoms with Crippen molar-refractivity contribution < 1.29 is 4.79 Å². The third-order valence-corrected chi connectivity index (χ3v) is 7.43. The molecule has 0 radical (unpaired) electrons. The number of thioether (sulfide) groups is 1. The molecule has 0 unspecified atom stereocenters. The summed E-state index contributed by atoms with van der Waals surface area (Å²) in [6.07, 6.45) is 7.66. The van der Waals surface area contributed by atoms with Crippen LogP contribution in [-0.4, -0.2) is 44.1 Å². The average Bonchev–Trinajstić information content (AvgIpc) is 3.02. The lowest BCUT2D eigenvalue weighted by molar-refractivity contribution is -0.122. The average molecular weight is 471 g/mol. The number of carbonyl (C=O) groups is 1. The van der Waals surface area contributed by atoms with Crippen LogP contribution in [0.15, 0.2) is 34.1 Å². The topological polar surface area (TPSA) is 57.9 Å². The highest BCUT2D eigenvalue weighted by molar-refractivity contribution is 8.26. The molecule has 0 saturated carbocycles. The maximum absolute atomic E-state index is 13.5. The molecule has 2 aromatic heterocycles. The molecule has 0 spiro atoms. The Morgan fingerprint density at radius 3 is 2.66 bits per heavy atom. The summed E-state index contributed by atoms with van der Waals surface area (Å²) in [4.78, 5) is 35.8. The van der Waals surface area contributed by atoms with Gasteiger partial charge in [-0.1, -0.05) is 63.7 Å². The largest absolute Gasteiger partial charge is 0.355 e. The summed E-state index contributed by atoms with van der Waals surface area (Å²) in [5.41, 5.74) is 0.916. The number of hydrogen-bond acceptors (Lipinski definition) is 6. The van der Waals surface area contributed by atoms with Gasteiger partial charge in [0.05, 0.1) is 10.5 Å². The van der Waals surface area contributed by atoms with Crippen LogP contribution in [-0.2, 0) is 4.79 Å². The molecule has 0 bridgehead atoms. The quantitative estimate of drug-likeness (QED) is 0.350. The second-order valence-electron chi connectivity index (χ2n) is 8.97. The van der Waals surface area contributed by atoms with Gasteiger partial charge in [-0.3, -0.25) is 18.9 Å². The smallest absolute Gasteiger partial charge is 0.267 e. The fourth-order valence-electron chi connectivity index (χ4n) is 4.64. The van der Waals surface area contributed by atoms with Gasteiger partial charge in [0.15, 0.2) is 0 Å².